The molecule has 0 saturated carbocycles. The summed E-state index contributed by atoms with van der Waals surface area (Å²) in [5.74, 6) is 1.01. The van der Waals surface area contributed by atoms with Gasteiger partial charge in [0, 0.05) is 39.9 Å². The Morgan fingerprint density at radius 2 is 1.94 bits per heavy atom. The highest BCUT2D eigenvalue weighted by atomic mass is 127. The molecule has 0 aliphatic rings. The Morgan fingerprint density at radius 1 is 1.22 bits per heavy atom. The molecule has 1 N–H and O–H groups in total. The summed E-state index contributed by atoms with van der Waals surface area (Å²) in [7, 11) is 2.10. The highest BCUT2D eigenvalue weighted by Gasteiger charge is 2.03. The molecule has 0 aromatic carbocycles. The summed E-state index contributed by atoms with van der Waals surface area (Å²) >= 11 is 0. The first-order valence-corrected chi connectivity index (χ1v) is 6.83. The lowest BCUT2D eigenvalue weighted by atomic mass is 10.3. The van der Waals surface area contributed by atoms with Gasteiger partial charge in [-0.15, -0.1) is 24.0 Å². The van der Waals surface area contributed by atoms with E-state index in [1.165, 1.54) is 12.8 Å². The van der Waals surface area contributed by atoms with E-state index in [1.54, 1.807) is 0 Å². The lowest BCUT2D eigenvalue weighted by Gasteiger charge is -2.21. The lowest BCUT2D eigenvalue weighted by molar-refractivity contribution is 0.146. The molecule has 0 unspecified atom stereocenters. The molecular weight excluding hydrogens is 341 g/mol. The minimum absolute atomic E-state index is 0. The minimum Gasteiger partial charge on any atom is -0.382 e. The van der Waals surface area contributed by atoms with Crippen molar-refractivity contribution in [2.45, 2.75) is 40.0 Å². The van der Waals surface area contributed by atoms with Crippen molar-refractivity contribution in [3.05, 3.63) is 0 Å². The standard InChI is InChI=1S/C13H29N3O.HI/c1-5-8-11-16(4)13(14-6-2)15-10-9-12-17-7-3;/h5-12H2,1-4H3,(H,14,15);1H. The van der Waals surface area contributed by atoms with Crippen LogP contribution in [0.5, 0.6) is 0 Å². The molecule has 0 atom stereocenters. The van der Waals surface area contributed by atoms with Crippen LogP contribution in [0.25, 0.3) is 0 Å². The van der Waals surface area contributed by atoms with Gasteiger partial charge in [0.1, 0.15) is 0 Å². The Balaban J connectivity index is 0. The predicted molar refractivity (Wildman–Crippen MR) is 90.0 cm³/mol. The van der Waals surface area contributed by atoms with Crippen LogP contribution in [0.1, 0.15) is 40.0 Å². The van der Waals surface area contributed by atoms with Crippen LogP contribution in [0, 0.1) is 0 Å². The summed E-state index contributed by atoms with van der Waals surface area (Å²) in [6.45, 7) is 10.7. The van der Waals surface area contributed by atoms with Gasteiger partial charge in [-0.1, -0.05) is 13.3 Å². The van der Waals surface area contributed by atoms with Crippen LogP contribution in [0.4, 0.5) is 0 Å². The van der Waals surface area contributed by atoms with Crippen molar-refractivity contribution >= 4 is 29.9 Å². The molecule has 18 heavy (non-hydrogen) atoms. The number of nitrogens with one attached hydrogen (secondary N) is 1. The van der Waals surface area contributed by atoms with Crippen LogP contribution in [-0.2, 0) is 4.74 Å². The molecule has 0 aliphatic carbocycles. The number of ether oxygens (including phenoxy) is 1. The molecule has 0 aliphatic heterocycles. The zero-order valence-electron chi connectivity index (χ0n) is 12.4. The highest BCUT2D eigenvalue weighted by Crippen LogP contribution is 1.94. The van der Waals surface area contributed by atoms with Crippen LogP contribution >= 0.6 is 24.0 Å². The first-order chi connectivity index (χ1) is 8.26. The second-order valence-electron chi connectivity index (χ2n) is 4.06. The number of guanidine groups is 1. The Labute approximate surface area is 130 Å². The molecule has 0 fully saturated rings. The van der Waals surface area contributed by atoms with Gasteiger partial charge < -0.3 is 15.0 Å². The summed E-state index contributed by atoms with van der Waals surface area (Å²) in [4.78, 5) is 6.79. The summed E-state index contributed by atoms with van der Waals surface area (Å²) in [6, 6.07) is 0. The molecule has 0 aromatic rings. The molecular formula is C13H30IN3O. The quantitative estimate of drug-likeness (QED) is 0.293. The average Bonchev–Trinajstić information content (AvgIpc) is 2.34. The van der Waals surface area contributed by atoms with Gasteiger partial charge in [0.05, 0.1) is 0 Å². The number of halogens is 1. The first kappa shape index (κ1) is 20.3. The van der Waals surface area contributed by atoms with Crippen molar-refractivity contribution in [2.24, 2.45) is 4.99 Å². The van der Waals surface area contributed by atoms with E-state index in [0.717, 1.165) is 45.2 Å². The topological polar surface area (TPSA) is 36.9 Å². The Hall–Kier alpha value is -0.0400. The lowest BCUT2D eigenvalue weighted by Crippen LogP contribution is -2.39. The van der Waals surface area contributed by atoms with Gasteiger partial charge in [0.25, 0.3) is 0 Å². The normalized spacial score (nSPS) is 11.0. The minimum atomic E-state index is 0. The molecule has 110 valence electrons. The fourth-order valence-electron chi connectivity index (χ4n) is 1.47. The van der Waals surface area contributed by atoms with Crippen molar-refractivity contribution in [1.29, 1.82) is 0 Å². The van der Waals surface area contributed by atoms with Crippen molar-refractivity contribution in [3.63, 3.8) is 0 Å². The fraction of sp³-hybridized carbons (Fsp3) is 0.923. The van der Waals surface area contributed by atoms with E-state index in [4.69, 9.17) is 4.74 Å². The zero-order chi connectivity index (χ0) is 12.9. The molecule has 4 nitrogen and oxygen atoms in total. The van der Waals surface area contributed by atoms with Gasteiger partial charge in [-0.2, -0.15) is 0 Å². The molecule has 0 saturated heterocycles. The predicted octanol–water partition coefficient (Wildman–Crippen LogP) is 2.73. The van der Waals surface area contributed by atoms with Crippen LogP contribution in [-0.4, -0.2) is 50.8 Å². The maximum Gasteiger partial charge on any atom is 0.193 e. The second-order valence-corrected chi connectivity index (χ2v) is 4.06. The zero-order valence-corrected chi connectivity index (χ0v) is 14.7. The van der Waals surface area contributed by atoms with E-state index in [2.05, 4.69) is 36.1 Å². The van der Waals surface area contributed by atoms with Crippen molar-refractivity contribution in [3.8, 4) is 0 Å². The number of nitrogens with zero attached hydrogens (tertiary/aromatic N) is 2. The van der Waals surface area contributed by atoms with E-state index in [-0.39, 0.29) is 24.0 Å². The van der Waals surface area contributed by atoms with Gasteiger partial charge in [-0.3, -0.25) is 4.99 Å². The molecule has 0 spiro atoms. The van der Waals surface area contributed by atoms with Gasteiger partial charge in [-0.05, 0) is 26.7 Å². The maximum absolute atomic E-state index is 5.30. The third-order valence-corrected chi connectivity index (χ3v) is 2.46. The monoisotopic (exact) mass is 371 g/mol. The molecule has 0 rings (SSSR count). The van der Waals surface area contributed by atoms with Gasteiger partial charge in [0.2, 0.25) is 0 Å². The van der Waals surface area contributed by atoms with Crippen LogP contribution in [0.15, 0.2) is 4.99 Å². The van der Waals surface area contributed by atoms with E-state index >= 15 is 0 Å². The third-order valence-electron chi connectivity index (χ3n) is 2.46. The van der Waals surface area contributed by atoms with Crippen molar-refractivity contribution < 1.29 is 4.74 Å². The fourth-order valence-corrected chi connectivity index (χ4v) is 1.47. The van der Waals surface area contributed by atoms with Crippen LogP contribution < -0.4 is 5.32 Å². The number of hydrogen-bond donors (Lipinski definition) is 1. The van der Waals surface area contributed by atoms with Crippen LogP contribution in [0.3, 0.4) is 0 Å². The van der Waals surface area contributed by atoms with Crippen molar-refractivity contribution in [1.82, 2.24) is 10.2 Å². The average molecular weight is 371 g/mol. The molecule has 0 radical (unpaired) electrons. The summed E-state index contributed by atoms with van der Waals surface area (Å²) in [6.07, 6.45) is 3.41. The number of hydrogen-bond acceptors (Lipinski definition) is 2. The number of rotatable bonds is 9. The summed E-state index contributed by atoms with van der Waals surface area (Å²) < 4.78 is 5.30. The largest absolute Gasteiger partial charge is 0.382 e. The van der Waals surface area contributed by atoms with Crippen LogP contribution in [0.2, 0.25) is 0 Å². The second kappa shape index (κ2) is 15.0. The van der Waals surface area contributed by atoms with Gasteiger partial charge >= 0.3 is 0 Å². The van der Waals surface area contributed by atoms with Gasteiger partial charge in [0.15, 0.2) is 5.96 Å². The van der Waals surface area contributed by atoms with E-state index in [1.807, 2.05) is 6.92 Å². The third kappa shape index (κ3) is 11.1. The molecule has 0 heterocycles. The smallest absolute Gasteiger partial charge is 0.193 e. The molecule has 5 heteroatoms. The SMILES string of the molecule is CCCCN(C)C(=NCCCOCC)NCC.I. The summed E-state index contributed by atoms with van der Waals surface area (Å²) in [5, 5.41) is 3.32. The summed E-state index contributed by atoms with van der Waals surface area (Å²) in [5.41, 5.74) is 0. The van der Waals surface area contributed by atoms with Crippen molar-refractivity contribution in [2.75, 3.05) is 39.9 Å². The Kier molecular flexibility index (Phi) is 16.9. The molecule has 0 amide bonds. The first-order valence-electron chi connectivity index (χ1n) is 6.83. The maximum atomic E-state index is 5.30. The number of aliphatic imine (C=N–C) groups is 1. The Bertz CT molecular complexity index is 201. The highest BCUT2D eigenvalue weighted by molar-refractivity contribution is 14.0. The van der Waals surface area contributed by atoms with E-state index in [0.29, 0.717) is 0 Å². The van der Waals surface area contributed by atoms with E-state index in [9.17, 15) is 0 Å². The van der Waals surface area contributed by atoms with E-state index < -0.39 is 0 Å². The molecule has 0 bridgehead atoms. The molecule has 0 aromatic heterocycles. The number of unbranched alkanes of at least 4 members (excludes halogenated alkanes) is 1. The Morgan fingerprint density at radius 3 is 2.50 bits per heavy atom. The van der Waals surface area contributed by atoms with Gasteiger partial charge in [-0.25, -0.2) is 0 Å².